The quantitative estimate of drug-likeness (QED) is 0.674. The van der Waals surface area contributed by atoms with Gasteiger partial charge in [0.05, 0.1) is 5.56 Å². The molecular weight excluding hydrogens is 357 g/mol. The van der Waals surface area contributed by atoms with Crippen LogP contribution in [0.25, 0.3) is 0 Å². The van der Waals surface area contributed by atoms with E-state index in [0.29, 0.717) is 18.7 Å². The Balaban J connectivity index is 1.93. The van der Waals surface area contributed by atoms with E-state index in [-0.39, 0.29) is 17.6 Å². The first-order valence-corrected chi connectivity index (χ1v) is 8.66. The standard InChI is InChI=1S/C20H23F3N2O2/c1-13(2)18(25-16-7-5-15(6-8-16)20(21,22)23)19(27)24-12-11-14-3-9-17(26)10-4-14/h3-10,13,18,25-26H,11-12H2,1-2H3,(H,24,27)/t18-/m1/s1. The summed E-state index contributed by atoms with van der Waals surface area (Å²) in [4.78, 5) is 12.5. The second-order valence-corrected chi connectivity index (χ2v) is 6.65. The maximum absolute atomic E-state index is 12.6. The average Bonchev–Trinajstić information content (AvgIpc) is 2.60. The normalized spacial score (nSPS) is 12.7. The van der Waals surface area contributed by atoms with Crippen molar-refractivity contribution >= 4 is 11.6 Å². The van der Waals surface area contributed by atoms with Gasteiger partial charge >= 0.3 is 6.18 Å². The molecule has 4 nitrogen and oxygen atoms in total. The molecule has 1 amide bonds. The van der Waals surface area contributed by atoms with E-state index in [9.17, 15) is 23.1 Å². The van der Waals surface area contributed by atoms with E-state index in [1.807, 2.05) is 13.8 Å². The summed E-state index contributed by atoms with van der Waals surface area (Å²) in [6.07, 6.45) is -3.78. The molecule has 2 aromatic carbocycles. The van der Waals surface area contributed by atoms with Crippen LogP contribution in [0.3, 0.4) is 0 Å². The Bertz CT molecular complexity index is 741. The fourth-order valence-corrected chi connectivity index (χ4v) is 2.57. The van der Waals surface area contributed by atoms with E-state index < -0.39 is 17.8 Å². The van der Waals surface area contributed by atoms with E-state index in [2.05, 4.69) is 10.6 Å². The highest BCUT2D eigenvalue weighted by Crippen LogP contribution is 2.30. The van der Waals surface area contributed by atoms with Crippen molar-refractivity contribution in [1.82, 2.24) is 5.32 Å². The van der Waals surface area contributed by atoms with Gasteiger partial charge in [-0.05, 0) is 54.3 Å². The third-order valence-electron chi connectivity index (χ3n) is 4.13. The highest BCUT2D eigenvalue weighted by atomic mass is 19.4. The Morgan fingerprint density at radius 1 is 1.04 bits per heavy atom. The number of halogens is 3. The molecule has 0 unspecified atom stereocenters. The summed E-state index contributed by atoms with van der Waals surface area (Å²) in [7, 11) is 0. The van der Waals surface area contributed by atoms with Gasteiger partial charge in [-0.3, -0.25) is 4.79 Å². The number of alkyl halides is 3. The second kappa shape index (κ2) is 8.79. The first-order valence-electron chi connectivity index (χ1n) is 8.66. The summed E-state index contributed by atoms with van der Waals surface area (Å²) >= 11 is 0. The molecule has 2 aromatic rings. The molecule has 0 fully saturated rings. The number of benzene rings is 2. The highest BCUT2D eigenvalue weighted by Gasteiger charge is 2.30. The maximum Gasteiger partial charge on any atom is 0.416 e. The summed E-state index contributed by atoms with van der Waals surface area (Å²) in [5.41, 5.74) is 0.702. The van der Waals surface area contributed by atoms with Gasteiger partial charge in [-0.25, -0.2) is 0 Å². The minimum absolute atomic E-state index is 0.0547. The van der Waals surface area contributed by atoms with Crippen LogP contribution in [-0.2, 0) is 17.4 Å². The fraction of sp³-hybridized carbons (Fsp3) is 0.350. The minimum Gasteiger partial charge on any atom is -0.508 e. The number of carbonyl (C=O) groups is 1. The number of nitrogens with one attached hydrogen (secondary N) is 2. The van der Waals surface area contributed by atoms with Crippen molar-refractivity contribution in [1.29, 1.82) is 0 Å². The zero-order valence-corrected chi connectivity index (χ0v) is 15.2. The largest absolute Gasteiger partial charge is 0.508 e. The van der Waals surface area contributed by atoms with Crippen molar-refractivity contribution in [3.63, 3.8) is 0 Å². The fourth-order valence-electron chi connectivity index (χ4n) is 2.57. The number of anilines is 1. The van der Waals surface area contributed by atoms with Crippen molar-refractivity contribution in [2.45, 2.75) is 32.5 Å². The van der Waals surface area contributed by atoms with Crippen LogP contribution in [-0.4, -0.2) is 23.6 Å². The van der Waals surface area contributed by atoms with Crippen molar-refractivity contribution in [2.75, 3.05) is 11.9 Å². The molecule has 1 atom stereocenters. The number of amides is 1. The Morgan fingerprint density at radius 3 is 2.15 bits per heavy atom. The lowest BCUT2D eigenvalue weighted by Gasteiger charge is -2.23. The molecule has 0 radical (unpaired) electrons. The molecule has 0 spiro atoms. The zero-order valence-electron chi connectivity index (χ0n) is 15.2. The number of rotatable bonds is 7. The van der Waals surface area contributed by atoms with Gasteiger partial charge in [0.2, 0.25) is 5.91 Å². The van der Waals surface area contributed by atoms with Gasteiger partial charge < -0.3 is 15.7 Å². The number of hydrogen-bond donors (Lipinski definition) is 3. The van der Waals surface area contributed by atoms with E-state index >= 15 is 0 Å². The van der Waals surface area contributed by atoms with Crippen molar-refractivity contribution in [3.05, 3.63) is 59.7 Å². The summed E-state index contributed by atoms with van der Waals surface area (Å²) in [5, 5.41) is 15.1. The molecule has 2 rings (SSSR count). The molecule has 0 aliphatic carbocycles. The van der Waals surface area contributed by atoms with E-state index in [1.54, 1.807) is 24.3 Å². The van der Waals surface area contributed by atoms with Crippen molar-refractivity contribution in [3.8, 4) is 5.75 Å². The van der Waals surface area contributed by atoms with Crippen molar-refractivity contribution < 1.29 is 23.1 Å². The maximum atomic E-state index is 12.6. The predicted molar refractivity (Wildman–Crippen MR) is 98.5 cm³/mol. The van der Waals surface area contributed by atoms with Gasteiger partial charge in [-0.15, -0.1) is 0 Å². The lowest BCUT2D eigenvalue weighted by atomic mass is 10.0. The molecule has 0 aliphatic rings. The number of hydrogen-bond acceptors (Lipinski definition) is 3. The molecule has 0 saturated carbocycles. The molecule has 27 heavy (non-hydrogen) atoms. The Hall–Kier alpha value is -2.70. The number of phenols is 1. The molecule has 146 valence electrons. The molecule has 0 bridgehead atoms. The number of phenolic OH excluding ortho intramolecular Hbond substituents is 1. The van der Waals surface area contributed by atoms with Crippen LogP contribution in [0.1, 0.15) is 25.0 Å². The molecular formula is C20H23F3N2O2. The van der Waals surface area contributed by atoms with Gasteiger partial charge in [0.15, 0.2) is 0 Å². The summed E-state index contributed by atoms with van der Waals surface area (Å²) < 4.78 is 37.9. The van der Waals surface area contributed by atoms with E-state index in [0.717, 1.165) is 17.7 Å². The number of aromatic hydroxyl groups is 1. The predicted octanol–water partition coefficient (Wildman–Crippen LogP) is 4.21. The van der Waals surface area contributed by atoms with Crippen LogP contribution in [0.15, 0.2) is 48.5 Å². The Morgan fingerprint density at radius 2 is 1.63 bits per heavy atom. The van der Waals surface area contributed by atoms with Crippen LogP contribution in [0.2, 0.25) is 0 Å². The van der Waals surface area contributed by atoms with Gasteiger partial charge in [0, 0.05) is 12.2 Å². The lowest BCUT2D eigenvalue weighted by Crippen LogP contribution is -2.43. The van der Waals surface area contributed by atoms with E-state index in [1.165, 1.54) is 12.1 Å². The minimum atomic E-state index is -4.39. The summed E-state index contributed by atoms with van der Waals surface area (Å²) in [6.45, 7) is 4.14. The van der Waals surface area contributed by atoms with Crippen LogP contribution < -0.4 is 10.6 Å². The van der Waals surface area contributed by atoms with Gasteiger partial charge in [0.1, 0.15) is 11.8 Å². The van der Waals surface area contributed by atoms with Crippen LogP contribution >= 0.6 is 0 Å². The summed E-state index contributed by atoms with van der Waals surface area (Å²) in [5.74, 6) is -0.0898. The van der Waals surface area contributed by atoms with Crippen LogP contribution in [0.5, 0.6) is 5.75 Å². The molecule has 3 N–H and O–H groups in total. The smallest absolute Gasteiger partial charge is 0.416 e. The first-order chi connectivity index (χ1) is 12.7. The van der Waals surface area contributed by atoms with Crippen LogP contribution in [0.4, 0.5) is 18.9 Å². The zero-order chi connectivity index (χ0) is 20.0. The lowest BCUT2D eigenvalue weighted by molar-refractivity contribution is -0.137. The first kappa shape index (κ1) is 20.6. The van der Waals surface area contributed by atoms with Crippen molar-refractivity contribution in [2.24, 2.45) is 5.92 Å². The third-order valence-corrected chi connectivity index (χ3v) is 4.13. The monoisotopic (exact) mass is 380 g/mol. The molecule has 0 aliphatic heterocycles. The molecule has 0 saturated heterocycles. The average molecular weight is 380 g/mol. The van der Waals surface area contributed by atoms with Crippen LogP contribution in [0, 0.1) is 5.92 Å². The number of carbonyl (C=O) groups excluding carboxylic acids is 1. The second-order valence-electron chi connectivity index (χ2n) is 6.65. The molecule has 0 heterocycles. The SMILES string of the molecule is CC(C)[C@@H](Nc1ccc(C(F)(F)F)cc1)C(=O)NCCc1ccc(O)cc1. The topological polar surface area (TPSA) is 61.4 Å². The van der Waals surface area contributed by atoms with E-state index in [4.69, 9.17) is 0 Å². The van der Waals surface area contributed by atoms with Gasteiger partial charge in [-0.2, -0.15) is 13.2 Å². The Labute approximate surface area is 156 Å². The van der Waals surface area contributed by atoms with Gasteiger partial charge in [-0.1, -0.05) is 26.0 Å². The highest BCUT2D eigenvalue weighted by molar-refractivity contribution is 5.84. The molecule has 7 heteroatoms. The third kappa shape index (κ3) is 6.20. The van der Waals surface area contributed by atoms with Gasteiger partial charge in [0.25, 0.3) is 0 Å². The summed E-state index contributed by atoms with van der Waals surface area (Å²) in [6, 6.07) is 10.8. The Kier molecular flexibility index (Phi) is 6.71. The molecule has 0 aromatic heterocycles.